The van der Waals surface area contributed by atoms with Crippen LogP contribution >= 0.6 is 11.3 Å². The molecule has 6 nitrogen and oxygen atoms in total. The number of esters is 1. The number of ether oxygens (including phenoxy) is 2. The fourth-order valence-electron chi connectivity index (χ4n) is 3.21. The predicted molar refractivity (Wildman–Crippen MR) is 112 cm³/mol. The lowest BCUT2D eigenvalue weighted by molar-refractivity contribution is -0.141. The molecule has 0 N–H and O–H groups in total. The Morgan fingerprint density at radius 3 is 2.50 bits per heavy atom. The number of rotatable bonds is 4. The molecule has 0 saturated carbocycles. The van der Waals surface area contributed by atoms with Crippen molar-refractivity contribution in [2.75, 3.05) is 14.2 Å². The van der Waals surface area contributed by atoms with E-state index in [1.54, 1.807) is 24.3 Å². The third-order valence-corrected chi connectivity index (χ3v) is 5.71. The van der Waals surface area contributed by atoms with E-state index in [0.717, 1.165) is 22.1 Å². The number of carbonyl (C=O) groups excluding carboxylic acids is 2. The molecule has 30 heavy (non-hydrogen) atoms. The van der Waals surface area contributed by atoms with E-state index >= 15 is 0 Å². The molecule has 1 amide bonds. The molecule has 0 fully saturated rings. The summed E-state index contributed by atoms with van der Waals surface area (Å²) in [5.41, 5.74) is 0.476. The van der Waals surface area contributed by atoms with Crippen molar-refractivity contribution in [3.05, 3.63) is 70.8 Å². The summed E-state index contributed by atoms with van der Waals surface area (Å²) < 4.78 is 26.5. The van der Waals surface area contributed by atoms with E-state index in [1.165, 1.54) is 24.9 Å². The first-order valence-corrected chi connectivity index (χ1v) is 9.84. The summed E-state index contributed by atoms with van der Waals surface area (Å²) >= 11 is 1.12. The zero-order valence-corrected chi connectivity index (χ0v) is 17.0. The van der Waals surface area contributed by atoms with Gasteiger partial charge in [0.15, 0.2) is 4.80 Å². The van der Waals surface area contributed by atoms with Crippen molar-refractivity contribution in [1.29, 1.82) is 0 Å². The number of fused-ring (bicyclic) bond motifs is 2. The molecule has 0 atom stereocenters. The summed E-state index contributed by atoms with van der Waals surface area (Å²) in [7, 11) is 2.73. The molecule has 4 rings (SSSR count). The molecule has 0 radical (unpaired) electrons. The first kappa shape index (κ1) is 19.8. The molecule has 0 unspecified atom stereocenters. The van der Waals surface area contributed by atoms with Gasteiger partial charge in [-0.25, -0.2) is 4.39 Å². The van der Waals surface area contributed by atoms with Gasteiger partial charge < -0.3 is 14.0 Å². The summed E-state index contributed by atoms with van der Waals surface area (Å²) in [4.78, 5) is 29.3. The summed E-state index contributed by atoms with van der Waals surface area (Å²) in [6, 6.07) is 15.6. The fourth-order valence-corrected chi connectivity index (χ4v) is 4.26. The van der Waals surface area contributed by atoms with E-state index in [9.17, 15) is 14.0 Å². The molecule has 152 valence electrons. The summed E-state index contributed by atoms with van der Waals surface area (Å²) in [6.45, 7) is -0.265. The standard InChI is InChI=1S/C22H17FN2O4S/c1-28-17-11-14-7-4-3-6-13(14)10-15(17)21(27)24-22-25(12-19(26)29-2)20-16(23)8-5-9-18(20)30-22/h3-11H,12H2,1-2H3. The molecule has 0 aliphatic rings. The van der Waals surface area contributed by atoms with Crippen LogP contribution in [0.2, 0.25) is 0 Å². The summed E-state index contributed by atoms with van der Waals surface area (Å²) in [6.07, 6.45) is 0. The Balaban J connectivity index is 1.90. The number of amides is 1. The molecular formula is C22H17FN2O4S. The number of nitrogens with zero attached hydrogens (tertiary/aromatic N) is 2. The normalized spacial score (nSPS) is 11.8. The summed E-state index contributed by atoms with van der Waals surface area (Å²) in [5, 5.41) is 1.79. The van der Waals surface area contributed by atoms with Crippen LogP contribution in [0, 0.1) is 5.82 Å². The van der Waals surface area contributed by atoms with Crippen LogP contribution in [0.4, 0.5) is 4.39 Å². The van der Waals surface area contributed by atoms with Gasteiger partial charge in [0.05, 0.1) is 30.0 Å². The van der Waals surface area contributed by atoms with Gasteiger partial charge in [0.1, 0.15) is 18.1 Å². The number of hydrogen-bond donors (Lipinski definition) is 0. The third kappa shape index (κ3) is 3.57. The fraction of sp³-hybridized carbons (Fsp3) is 0.136. The molecule has 0 aliphatic heterocycles. The van der Waals surface area contributed by atoms with Gasteiger partial charge in [0, 0.05) is 0 Å². The monoisotopic (exact) mass is 424 g/mol. The number of para-hydroxylation sites is 1. The molecule has 4 aromatic rings. The molecule has 1 heterocycles. The summed E-state index contributed by atoms with van der Waals surface area (Å²) in [5.74, 6) is -1.25. The topological polar surface area (TPSA) is 69.9 Å². The van der Waals surface area contributed by atoms with Crippen molar-refractivity contribution < 1.29 is 23.5 Å². The minimum absolute atomic E-state index is 0.195. The second kappa shape index (κ2) is 8.08. The molecule has 8 heteroatoms. The van der Waals surface area contributed by atoms with Crippen molar-refractivity contribution in [3.63, 3.8) is 0 Å². The first-order valence-electron chi connectivity index (χ1n) is 9.02. The van der Waals surface area contributed by atoms with Crippen LogP contribution in [-0.2, 0) is 16.1 Å². The number of hydrogen-bond acceptors (Lipinski definition) is 5. The minimum Gasteiger partial charge on any atom is -0.496 e. The molecule has 1 aromatic heterocycles. The minimum atomic E-state index is -0.574. The van der Waals surface area contributed by atoms with Gasteiger partial charge in [-0.3, -0.25) is 9.59 Å². The second-order valence-electron chi connectivity index (χ2n) is 6.45. The number of thiazole rings is 1. The van der Waals surface area contributed by atoms with Gasteiger partial charge in [-0.15, -0.1) is 0 Å². The van der Waals surface area contributed by atoms with Crippen molar-refractivity contribution in [3.8, 4) is 5.75 Å². The van der Waals surface area contributed by atoms with Crippen LogP contribution in [0.5, 0.6) is 5.75 Å². The Hall–Kier alpha value is -3.52. The smallest absolute Gasteiger partial charge is 0.325 e. The van der Waals surface area contributed by atoms with Gasteiger partial charge in [-0.05, 0) is 35.0 Å². The van der Waals surface area contributed by atoms with Crippen LogP contribution in [0.25, 0.3) is 21.0 Å². The van der Waals surface area contributed by atoms with E-state index in [2.05, 4.69) is 4.99 Å². The number of halogens is 1. The predicted octanol–water partition coefficient (Wildman–Crippen LogP) is 3.92. The Morgan fingerprint density at radius 1 is 1.07 bits per heavy atom. The third-order valence-electron chi connectivity index (χ3n) is 4.66. The maximum Gasteiger partial charge on any atom is 0.325 e. The number of aromatic nitrogens is 1. The molecule has 3 aromatic carbocycles. The molecule has 0 aliphatic carbocycles. The maximum absolute atomic E-state index is 14.5. The lowest BCUT2D eigenvalue weighted by Gasteiger charge is -2.08. The molecule has 0 bridgehead atoms. The highest BCUT2D eigenvalue weighted by molar-refractivity contribution is 7.16. The van der Waals surface area contributed by atoms with Crippen molar-refractivity contribution in [1.82, 2.24) is 4.57 Å². The number of carbonyl (C=O) groups is 2. The average Bonchev–Trinajstić information content (AvgIpc) is 3.10. The Labute approximate surface area is 174 Å². The van der Waals surface area contributed by atoms with E-state index in [0.29, 0.717) is 10.4 Å². The first-order chi connectivity index (χ1) is 14.5. The van der Waals surface area contributed by atoms with Gasteiger partial charge >= 0.3 is 5.97 Å². The molecule has 0 spiro atoms. The second-order valence-corrected chi connectivity index (χ2v) is 7.46. The largest absolute Gasteiger partial charge is 0.496 e. The van der Waals surface area contributed by atoms with Gasteiger partial charge in [-0.1, -0.05) is 41.7 Å². The number of benzene rings is 3. The Bertz CT molecular complexity index is 1360. The highest BCUT2D eigenvalue weighted by Gasteiger charge is 2.17. The van der Waals surface area contributed by atoms with Crippen LogP contribution in [0.15, 0.2) is 59.6 Å². The zero-order chi connectivity index (χ0) is 21.3. The van der Waals surface area contributed by atoms with Crippen molar-refractivity contribution in [2.45, 2.75) is 6.54 Å². The average molecular weight is 424 g/mol. The van der Waals surface area contributed by atoms with Crippen LogP contribution < -0.4 is 9.54 Å². The molecular weight excluding hydrogens is 407 g/mol. The number of methoxy groups -OCH3 is 2. The van der Waals surface area contributed by atoms with Gasteiger partial charge in [0.25, 0.3) is 5.91 Å². The lowest BCUT2D eigenvalue weighted by atomic mass is 10.1. The van der Waals surface area contributed by atoms with E-state index < -0.39 is 17.7 Å². The highest BCUT2D eigenvalue weighted by Crippen LogP contribution is 2.27. The van der Waals surface area contributed by atoms with Crippen LogP contribution in [-0.4, -0.2) is 30.7 Å². The zero-order valence-electron chi connectivity index (χ0n) is 16.2. The Kier molecular flexibility index (Phi) is 5.33. The Morgan fingerprint density at radius 2 is 1.80 bits per heavy atom. The maximum atomic E-state index is 14.5. The van der Waals surface area contributed by atoms with E-state index in [4.69, 9.17) is 9.47 Å². The van der Waals surface area contributed by atoms with Crippen molar-refractivity contribution in [2.24, 2.45) is 4.99 Å². The van der Waals surface area contributed by atoms with E-state index in [1.807, 2.05) is 24.3 Å². The van der Waals surface area contributed by atoms with Crippen molar-refractivity contribution >= 4 is 44.2 Å². The quantitative estimate of drug-likeness (QED) is 0.466. The molecule has 0 saturated heterocycles. The van der Waals surface area contributed by atoms with Gasteiger partial charge in [0.2, 0.25) is 0 Å². The van der Waals surface area contributed by atoms with Gasteiger partial charge in [-0.2, -0.15) is 4.99 Å². The van der Waals surface area contributed by atoms with Crippen LogP contribution in [0.3, 0.4) is 0 Å². The van der Waals surface area contributed by atoms with Crippen LogP contribution in [0.1, 0.15) is 10.4 Å². The highest BCUT2D eigenvalue weighted by atomic mass is 32.1. The SMILES string of the molecule is COC(=O)Cn1c(=NC(=O)c2cc3ccccc3cc2OC)sc2cccc(F)c21. The lowest BCUT2D eigenvalue weighted by Crippen LogP contribution is -2.23. The van der Waals surface area contributed by atoms with E-state index in [-0.39, 0.29) is 22.4 Å².